The molecule has 164 valence electrons. The maximum Gasteiger partial charge on any atom is 0.236 e. The maximum atomic E-state index is 13.1. The van der Waals surface area contributed by atoms with Crippen molar-refractivity contribution in [2.24, 2.45) is 0 Å². The van der Waals surface area contributed by atoms with E-state index in [0.29, 0.717) is 37.0 Å². The molecule has 4 aromatic rings. The number of aromatic nitrogens is 5. The van der Waals surface area contributed by atoms with Crippen LogP contribution in [0.1, 0.15) is 24.2 Å². The Balaban J connectivity index is 1.60. The van der Waals surface area contributed by atoms with Gasteiger partial charge in [-0.2, -0.15) is 0 Å². The van der Waals surface area contributed by atoms with Crippen molar-refractivity contribution in [3.8, 4) is 17.3 Å². The molecular weight excluding hydrogens is 435 g/mol. The number of rotatable bonds is 4. The summed E-state index contributed by atoms with van der Waals surface area (Å²) in [5, 5.41) is 19.5. The second-order valence-corrected chi connectivity index (χ2v) is 9.56. The lowest BCUT2D eigenvalue weighted by Gasteiger charge is -2.28. The largest absolute Gasteiger partial charge is 0.504 e. The average molecular weight is 454 g/mol. The molecule has 1 fully saturated rings. The van der Waals surface area contributed by atoms with Crippen molar-refractivity contribution in [2.75, 3.05) is 16.6 Å². The first-order valence-corrected chi connectivity index (χ1v) is 11.7. The van der Waals surface area contributed by atoms with Crippen LogP contribution in [0.3, 0.4) is 0 Å². The topological polar surface area (TPSA) is 125 Å². The van der Waals surface area contributed by atoms with E-state index in [1.807, 2.05) is 0 Å². The fourth-order valence-electron chi connectivity index (χ4n) is 3.77. The predicted octanol–water partition coefficient (Wildman–Crippen LogP) is 2.78. The molecule has 5 rings (SSSR count). The zero-order valence-electron chi connectivity index (χ0n) is 16.9. The van der Waals surface area contributed by atoms with E-state index in [4.69, 9.17) is 0 Å². The highest BCUT2D eigenvalue weighted by Crippen LogP contribution is 2.38. The van der Waals surface area contributed by atoms with Crippen LogP contribution in [0.15, 0.2) is 42.6 Å². The van der Waals surface area contributed by atoms with Crippen molar-refractivity contribution in [1.82, 2.24) is 25.1 Å². The molecule has 4 heterocycles. The fraction of sp³-hybridized carbons (Fsp3) is 0.238. The quantitative estimate of drug-likeness (QED) is 0.486. The van der Waals surface area contributed by atoms with Gasteiger partial charge in [-0.3, -0.25) is 9.29 Å². The minimum atomic E-state index is -3.53. The van der Waals surface area contributed by atoms with Gasteiger partial charge in [-0.1, -0.05) is 12.1 Å². The van der Waals surface area contributed by atoms with Crippen LogP contribution in [0.2, 0.25) is 0 Å². The normalized spacial score (nSPS) is 15.8. The van der Waals surface area contributed by atoms with E-state index >= 15 is 0 Å². The van der Waals surface area contributed by atoms with Crippen LogP contribution in [0.5, 0.6) is 5.75 Å². The van der Waals surface area contributed by atoms with Gasteiger partial charge in [0, 0.05) is 24.5 Å². The highest BCUT2D eigenvalue weighted by atomic mass is 32.2. The van der Waals surface area contributed by atoms with Crippen LogP contribution in [0.4, 0.5) is 10.2 Å². The van der Waals surface area contributed by atoms with E-state index in [0.717, 1.165) is 5.56 Å². The summed E-state index contributed by atoms with van der Waals surface area (Å²) in [6.07, 6.45) is 3.19. The number of halogens is 1. The van der Waals surface area contributed by atoms with Gasteiger partial charge in [0.2, 0.25) is 10.0 Å². The minimum absolute atomic E-state index is 0.0385. The molecule has 0 atom stereocenters. The minimum Gasteiger partial charge on any atom is -0.504 e. The zero-order valence-corrected chi connectivity index (χ0v) is 17.7. The number of hydrogen-bond acceptors (Lipinski definition) is 7. The van der Waals surface area contributed by atoms with Crippen LogP contribution in [-0.2, 0) is 16.4 Å². The molecule has 1 saturated heterocycles. The van der Waals surface area contributed by atoms with Crippen LogP contribution in [0, 0.1) is 5.82 Å². The van der Waals surface area contributed by atoms with Crippen molar-refractivity contribution < 1.29 is 17.9 Å². The Bertz CT molecular complexity index is 1410. The summed E-state index contributed by atoms with van der Waals surface area (Å²) >= 11 is 0. The molecule has 1 aromatic carbocycles. The van der Waals surface area contributed by atoms with Gasteiger partial charge in [-0.05, 0) is 42.7 Å². The number of H-pyrrole nitrogens is 1. The van der Waals surface area contributed by atoms with Gasteiger partial charge in [0.05, 0.1) is 5.75 Å². The summed E-state index contributed by atoms with van der Waals surface area (Å²) in [6, 6.07) is 9.36. The van der Waals surface area contributed by atoms with Crippen LogP contribution < -0.4 is 4.31 Å². The fourth-order valence-corrected chi connectivity index (χ4v) is 5.37. The number of sulfonamides is 1. The number of fused-ring (bicyclic) bond motifs is 1. The van der Waals surface area contributed by atoms with Crippen LogP contribution >= 0.6 is 0 Å². The summed E-state index contributed by atoms with van der Waals surface area (Å²) in [6.45, 7) is 0.301. The van der Waals surface area contributed by atoms with Gasteiger partial charge in [0.1, 0.15) is 17.2 Å². The van der Waals surface area contributed by atoms with E-state index in [2.05, 4.69) is 25.1 Å². The first-order chi connectivity index (χ1) is 15.4. The lowest BCUT2D eigenvalue weighted by molar-refractivity contribution is 0.479. The standard InChI is InChI=1S/C21H19FN6O3S/c22-14-7-5-13(6-8-14)12-16-24-20(27-26-16)18-19(29)17-15(4-3-9-23-17)21(25-18)28-10-1-2-11-32(28,30)31/h3-9,29H,1-2,10-12H2,(H,24,26,27). The third-order valence-corrected chi connectivity index (χ3v) is 7.17. The number of aromatic hydroxyl groups is 1. The zero-order chi connectivity index (χ0) is 22.3. The van der Waals surface area contributed by atoms with Crippen molar-refractivity contribution in [2.45, 2.75) is 19.3 Å². The van der Waals surface area contributed by atoms with Gasteiger partial charge in [0.25, 0.3) is 0 Å². The van der Waals surface area contributed by atoms with E-state index in [-0.39, 0.29) is 40.2 Å². The molecule has 32 heavy (non-hydrogen) atoms. The van der Waals surface area contributed by atoms with E-state index < -0.39 is 10.0 Å². The smallest absolute Gasteiger partial charge is 0.236 e. The molecule has 0 saturated carbocycles. The number of nitrogens with one attached hydrogen (secondary N) is 1. The molecule has 0 aliphatic carbocycles. The molecule has 0 unspecified atom stereocenters. The molecule has 9 nitrogen and oxygen atoms in total. The molecule has 0 spiro atoms. The molecule has 11 heteroatoms. The molecule has 0 radical (unpaired) electrons. The van der Waals surface area contributed by atoms with Crippen LogP contribution in [0.25, 0.3) is 22.4 Å². The Hall–Kier alpha value is -3.60. The lowest BCUT2D eigenvalue weighted by atomic mass is 10.1. The molecule has 0 bridgehead atoms. The molecular formula is C21H19FN6O3S. The Labute approximate surface area is 183 Å². The van der Waals surface area contributed by atoms with E-state index in [1.165, 1.54) is 22.6 Å². The summed E-state index contributed by atoms with van der Waals surface area (Å²) in [4.78, 5) is 11.8. The summed E-state index contributed by atoms with van der Waals surface area (Å²) in [5.41, 5.74) is 1.11. The Morgan fingerprint density at radius 3 is 2.72 bits per heavy atom. The third-order valence-electron chi connectivity index (χ3n) is 5.34. The van der Waals surface area contributed by atoms with E-state index in [1.54, 1.807) is 24.3 Å². The highest BCUT2D eigenvalue weighted by Gasteiger charge is 2.30. The number of aromatic amines is 1. The second kappa shape index (κ2) is 7.83. The van der Waals surface area contributed by atoms with E-state index in [9.17, 15) is 17.9 Å². The Morgan fingerprint density at radius 2 is 1.94 bits per heavy atom. The molecule has 1 aliphatic rings. The summed E-state index contributed by atoms with van der Waals surface area (Å²) in [5.74, 6) is 0.366. The molecule has 1 aliphatic heterocycles. The number of anilines is 1. The third kappa shape index (κ3) is 3.64. The average Bonchev–Trinajstić information content (AvgIpc) is 3.24. The van der Waals surface area contributed by atoms with Crippen molar-refractivity contribution in [1.29, 1.82) is 0 Å². The number of pyridine rings is 2. The van der Waals surface area contributed by atoms with Gasteiger partial charge >= 0.3 is 0 Å². The maximum absolute atomic E-state index is 13.1. The SMILES string of the molecule is O=S1(=O)CCCCN1c1nc(-c2nnc(Cc3ccc(F)cc3)[nH]2)c(O)c2ncccc12. The Morgan fingerprint density at radius 1 is 1.12 bits per heavy atom. The first kappa shape index (κ1) is 20.3. The molecule has 3 aromatic heterocycles. The number of benzene rings is 1. The van der Waals surface area contributed by atoms with Gasteiger partial charge in [-0.25, -0.2) is 17.8 Å². The predicted molar refractivity (Wildman–Crippen MR) is 116 cm³/mol. The summed E-state index contributed by atoms with van der Waals surface area (Å²) < 4.78 is 39.9. The molecule has 0 amide bonds. The monoisotopic (exact) mass is 454 g/mol. The first-order valence-electron chi connectivity index (χ1n) is 10.1. The van der Waals surface area contributed by atoms with Gasteiger partial charge in [-0.15, -0.1) is 10.2 Å². The van der Waals surface area contributed by atoms with Crippen molar-refractivity contribution in [3.05, 3.63) is 59.8 Å². The van der Waals surface area contributed by atoms with Crippen LogP contribution in [-0.4, -0.2) is 51.0 Å². The molecule has 2 N–H and O–H groups in total. The van der Waals surface area contributed by atoms with Crippen molar-refractivity contribution in [3.63, 3.8) is 0 Å². The highest BCUT2D eigenvalue weighted by molar-refractivity contribution is 7.92. The second-order valence-electron chi connectivity index (χ2n) is 7.55. The van der Waals surface area contributed by atoms with Gasteiger partial charge in [0.15, 0.2) is 23.1 Å². The number of hydrogen-bond donors (Lipinski definition) is 2. The van der Waals surface area contributed by atoms with Crippen molar-refractivity contribution >= 4 is 26.7 Å². The lowest BCUT2D eigenvalue weighted by Crippen LogP contribution is -2.38. The van der Waals surface area contributed by atoms with Gasteiger partial charge < -0.3 is 10.1 Å². The Kier molecular flexibility index (Phi) is 4.97. The number of nitrogens with zero attached hydrogens (tertiary/aromatic N) is 5. The summed E-state index contributed by atoms with van der Waals surface area (Å²) in [7, 11) is -3.53.